The minimum atomic E-state index is 0.0259. The van der Waals surface area contributed by atoms with Gasteiger partial charge in [0.1, 0.15) is 11.6 Å². The van der Waals surface area contributed by atoms with E-state index < -0.39 is 0 Å². The molecular weight excluding hydrogens is 274 g/mol. The molecule has 6 heteroatoms. The first-order valence-corrected chi connectivity index (χ1v) is 7.50. The van der Waals surface area contributed by atoms with Crippen LogP contribution in [0.4, 0.5) is 0 Å². The standard InChI is InChI=1S/C14H15N3O2S/c1-9-15-16-14(17(9)11-4-5-11)20-8-13(19)10-2-6-12(18)7-3-10/h2-3,6-7,11,18H,4-5,8H2,1H3. The molecule has 104 valence electrons. The van der Waals surface area contributed by atoms with Crippen LogP contribution in [0.5, 0.6) is 5.75 Å². The number of benzene rings is 1. The van der Waals surface area contributed by atoms with Crippen molar-refractivity contribution < 1.29 is 9.90 Å². The lowest BCUT2D eigenvalue weighted by Gasteiger charge is -2.06. The zero-order valence-electron chi connectivity index (χ0n) is 11.1. The molecule has 1 heterocycles. The maximum atomic E-state index is 12.1. The highest BCUT2D eigenvalue weighted by atomic mass is 32.2. The fourth-order valence-electron chi connectivity index (χ4n) is 2.06. The van der Waals surface area contributed by atoms with E-state index >= 15 is 0 Å². The van der Waals surface area contributed by atoms with Crippen LogP contribution in [0.1, 0.15) is 35.1 Å². The van der Waals surface area contributed by atoms with Crippen LogP contribution in [0.3, 0.4) is 0 Å². The van der Waals surface area contributed by atoms with Gasteiger partial charge in [-0.05, 0) is 44.0 Å². The third kappa shape index (κ3) is 2.70. The largest absolute Gasteiger partial charge is 0.508 e. The van der Waals surface area contributed by atoms with Crippen molar-refractivity contribution in [2.75, 3.05) is 5.75 Å². The van der Waals surface area contributed by atoms with Gasteiger partial charge in [-0.1, -0.05) is 11.8 Å². The van der Waals surface area contributed by atoms with Gasteiger partial charge in [-0.3, -0.25) is 4.79 Å². The van der Waals surface area contributed by atoms with E-state index in [1.54, 1.807) is 12.1 Å². The van der Waals surface area contributed by atoms with Gasteiger partial charge >= 0.3 is 0 Å². The number of nitrogens with zero attached hydrogens (tertiary/aromatic N) is 3. The number of rotatable bonds is 5. The molecule has 5 nitrogen and oxygen atoms in total. The molecule has 1 saturated carbocycles. The molecule has 0 amide bonds. The average molecular weight is 289 g/mol. The Morgan fingerprint density at radius 1 is 1.35 bits per heavy atom. The van der Waals surface area contributed by atoms with Gasteiger partial charge in [-0.15, -0.1) is 10.2 Å². The zero-order chi connectivity index (χ0) is 14.1. The molecule has 1 aromatic heterocycles. The molecule has 0 radical (unpaired) electrons. The second kappa shape index (κ2) is 5.28. The van der Waals surface area contributed by atoms with E-state index in [0.717, 1.165) is 11.0 Å². The molecule has 0 atom stereocenters. The quantitative estimate of drug-likeness (QED) is 0.677. The summed E-state index contributed by atoms with van der Waals surface area (Å²) >= 11 is 1.42. The van der Waals surface area contributed by atoms with E-state index in [1.807, 2.05) is 6.92 Å². The first-order valence-electron chi connectivity index (χ1n) is 6.51. The van der Waals surface area contributed by atoms with E-state index in [9.17, 15) is 9.90 Å². The normalized spacial score (nSPS) is 14.4. The van der Waals surface area contributed by atoms with Gasteiger partial charge in [0.25, 0.3) is 0 Å². The van der Waals surface area contributed by atoms with E-state index in [2.05, 4.69) is 14.8 Å². The van der Waals surface area contributed by atoms with Crippen LogP contribution < -0.4 is 0 Å². The summed E-state index contributed by atoms with van der Waals surface area (Å²) in [5.74, 6) is 1.43. The summed E-state index contributed by atoms with van der Waals surface area (Å²) in [6.45, 7) is 1.94. The molecule has 20 heavy (non-hydrogen) atoms. The van der Waals surface area contributed by atoms with Crippen molar-refractivity contribution in [3.05, 3.63) is 35.7 Å². The van der Waals surface area contributed by atoms with Crippen LogP contribution in [0.15, 0.2) is 29.4 Å². The van der Waals surface area contributed by atoms with Crippen molar-refractivity contribution in [3.63, 3.8) is 0 Å². The fourth-order valence-corrected chi connectivity index (χ4v) is 3.01. The van der Waals surface area contributed by atoms with Crippen LogP contribution >= 0.6 is 11.8 Å². The Labute approximate surface area is 121 Å². The van der Waals surface area contributed by atoms with E-state index in [1.165, 1.54) is 36.7 Å². The Kier molecular flexibility index (Phi) is 3.48. The number of Topliss-reactive ketones (excluding diaryl/α,β-unsaturated/α-hetero) is 1. The fraction of sp³-hybridized carbons (Fsp3) is 0.357. The summed E-state index contributed by atoms with van der Waals surface area (Å²) in [6, 6.07) is 6.82. The van der Waals surface area contributed by atoms with E-state index in [4.69, 9.17) is 0 Å². The highest BCUT2D eigenvalue weighted by molar-refractivity contribution is 7.99. The summed E-state index contributed by atoms with van der Waals surface area (Å²) in [4.78, 5) is 12.1. The van der Waals surface area contributed by atoms with Gasteiger partial charge in [0.2, 0.25) is 0 Å². The number of phenols is 1. The summed E-state index contributed by atoms with van der Waals surface area (Å²) in [5, 5.41) is 18.3. The van der Waals surface area contributed by atoms with Gasteiger partial charge in [0, 0.05) is 11.6 Å². The minimum absolute atomic E-state index is 0.0259. The van der Waals surface area contributed by atoms with Crippen molar-refractivity contribution >= 4 is 17.5 Å². The molecule has 1 aliphatic rings. The predicted molar refractivity (Wildman–Crippen MR) is 76.2 cm³/mol. The van der Waals surface area contributed by atoms with Crippen molar-refractivity contribution in [1.29, 1.82) is 0 Å². The van der Waals surface area contributed by atoms with Crippen LogP contribution in [0, 0.1) is 6.92 Å². The molecule has 0 bridgehead atoms. The Hall–Kier alpha value is -1.82. The van der Waals surface area contributed by atoms with Gasteiger partial charge in [0.05, 0.1) is 5.75 Å². The van der Waals surface area contributed by atoms with E-state index in [-0.39, 0.29) is 11.5 Å². The van der Waals surface area contributed by atoms with Crippen LogP contribution in [-0.2, 0) is 0 Å². The topological polar surface area (TPSA) is 68.0 Å². The van der Waals surface area contributed by atoms with Gasteiger partial charge < -0.3 is 9.67 Å². The number of carbonyl (C=O) groups excluding carboxylic acids is 1. The molecular formula is C14H15N3O2S. The van der Waals surface area contributed by atoms with Crippen molar-refractivity contribution in [2.24, 2.45) is 0 Å². The molecule has 0 unspecified atom stereocenters. The number of hydrogen-bond donors (Lipinski definition) is 1. The van der Waals surface area contributed by atoms with Crippen LogP contribution in [-0.4, -0.2) is 31.4 Å². The number of aromatic nitrogens is 3. The SMILES string of the molecule is Cc1nnc(SCC(=O)c2ccc(O)cc2)n1C1CC1. The number of hydrogen-bond acceptors (Lipinski definition) is 5. The molecule has 1 aromatic carbocycles. The van der Waals surface area contributed by atoms with Crippen molar-refractivity contribution in [2.45, 2.75) is 31.0 Å². The molecule has 1 aliphatic carbocycles. The number of ketones is 1. The van der Waals surface area contributed by atoms with Gasteiger partial charge in [-0.25, -0.2) is 0 Å². The third-order valence-electron chi connectivity index (χ3n) is 3.27. The van der Waals surface area contributed by atoms with E-state index in [0.29, 0.717) is 17.4 Å². The lowest BCUT2D eigenvalue weighted by atomic mass is 10.1. The second-order valence-corrected chi connectivity index (χ2v) is 5.83. The van der Waals surface area contributed by atoms with Crippen molar-refractivity contribution in [1.82, 2.24) is 14.8 Å². The molecule has 0 spiro atoms. The summed E-state index contributed by atoms with van der Waals surface area (Å²) in [7, 11) is 0. The summed E-state index contributed by atoms with van der Waals surface area (Å²) in [6.07, 6.45) is 2.33. The monoisotopic (exact) mass is 289 g/mol. The van der Waals surface area contributed by atoms with Crippen LogP contribution in [0.25, 0.3) is 0 Å². The third-order valence-corrected chi connectivity index (χ3v) is 4.21. The van der Waals surface area contributed by atoms with Crippen LogP contribution in [0.2, 0.25) is 0 Å². The number of carbonyl (C=O) groups is 1. The summed E-state index contributed by atoms with van der Waals surface area (Å²) in [5.41, 5.74) is 0.601. The molecule has 2 aromatic rings. The van der Waals surface area contributed by atoms with Gasteiger partial charge in [-0.2, -0.15) is 0 Å². The molecule has 1 N–H and O–H groups in total. The Morgan fingerprint density at radius 3 is 2.70 bits per heavy atom. The maximum absolute atomic E-state index is 12.1. The highest BCUT2D eigenvalue weighted by Gasteiger charge is 2.28. The van der Waals surface area contributed by atoms with Gasteiger partial charge in [0.15, 0.2) is 10.9 Å². The summed E-state index contributed by atoms with van der Waals surface area (Å²) < 4.78 is 2.12. The van der Waals surface area contributed by atoms with Crippen molar-refractivity contribution in [3.8, 4) is 5.75 Å². The predicted octanol–water partition coefficient (Wildman–Crippen LogP) is 2.60. The molecule has 3 rings (SSSR count). The Morgan fingerprint density at radius 2 is 2.05 bits per heavy atom. The zero-order valence-corrected chi connectivity index (χ0v) is 11.9. The minimum Gasteiger partial charge on any atom is -0.508 e. The number of thioether (sulfide) groups is 1. The maximum Gasteiger partial charge on any atom is 0.191 e. The first-order chi connectivity index (χ1) is 9.65. The Bertz CT molecular complexity index is 632. The Balaban J connectivity index is 1.67. The lowest BCUT2D eigenvalue weighted by molar-refractivity contribution is 0.102. The highest BCUT2D eigenvalue weighted by Crippen LogP contribution is 2.38. The number of phenolic OH excluding ortho intramolecular Hbond substituents is 1. The molecule has 0 saturated heterocycles. The number of aryl methyl sites for hydroxylation is 1. The average Bonchev–Trinajstić information content (AvgIpc) is 3.21. The smallest absolute Gasteiger partial charge is 0.191 e. The number of aromatic hydroxyl groups is 1. The second-order valence-electron chi connectivity index (χ2n) is 4.89. The molecule has 1 fully saturated rings. The molecule has 0 aliphatic heterocycles. The lowest BCUT2D eigenvalue weighted by Crippen LogP contribution is -2.05. The first kappa shape index (κ1) is 13.2.